The minimum absolute atomic E-state index is 0.0356. The lowest BCUT2D eigenvalue weighted by atomic mass is 9.92. The largest absolute Gasteiger partial charge is 0.395 e. The lowest BCUT2D eigenvalue weighted by Crippen LogP contribution is -2.38. The van der Waals surface area contributed by atoms with Crippen molar-refractivity contribution in [3.63, 3.8) is 0 Å². The zero-order valence-electron chi connectivity index (χ0n) is 16.1. The van der Waals surface area contributed by atoms with Crippen LogP contribution in [0.25, 0.3) is 10.9 Å². The van der Waals surface area contributed by atoms with Gasteiger partial charge in [0.25, 0.3) is 15.9 Å². The van der Waals surface area contributed by atoms with Crippen LogP contribution in [0, 0.1) is 6.92 Å². The molecule has 1 atom stereocenters. The van der Waals surface area contributed by atoms with Gasteiger partial charge >= 0.3 is 0 Å². The van der Waals surface area contributed by atoms with Crippen molar-refractivity contribution in [3.05, 3.63) is 52.8 Å². The number of aromatic amines is 2. The minimum Gasteiger partial charge on any atom is -0.395 e. The molecule has 0 saturated heterocycles. The van der Waals surface area contributed by atoms with Gasteiger partial charge in [-0.1, -0.05) is 18.2 Å². The summed E-state index contributed by atoms with van der Waals surface area (Å²) in [5.74, 6) is -0.422. The molecule has 2 aromatic heterocycles. The summed E-state index contributed by atoms with van der Waals surface area (Å²) in [6, 6.07) is 9.20. The van der Waals surface area contributed by atoms with E-state index in [0.717, 1.165) is 17.6 Å². The minimum atomic E-state index is -3.80. The lowest BCUT2D eigenvalue weighted by molar-refractivity contribution is 0.0944. The molecular formula is C20H24N4O4S. The van der Waals surface area contributed by atoms with Gasteiger partial charge in [0.05, 0.1) is 12.2 Å². The van der Waals surface area contributed by atoms with E-state index < -0.39 is 15.9 Å². The number of carbonyl (C=O) groups is 1. The summed E-state index contributed by atoms with van der Waals surface area (Å²) < 4.78 is 28.5. The monoisotopic (exact) mass is 416 g/mol. The van der Waals surface area contributed by atoms with Gasteiger partial charge in [-0.25, -0.2) is 13.1 Å². The molecule has 0 fully saturated rings. The Balaban J connectivity index is 1.51. The maximum atomic E-state index is 12.9. The summed E-state index contributed by atoms with van der Waals surface area (Å²) in [5, 5.41) is 12.5. The molecule has 0 unspecified atom stereocenters. The average Bonchev–Trinajstić information content (AvgIpc) is 3.26. The number of amides is 1. The highest BCUT2D eigenvalue weighted by Crippen LogP contribution is 2.29. The second-order valence-electron chi connectivity index (χ2n) is 7.34. The van der Waals surface area contributed by atoms with E-state index in [-0.39, 0.29) is 29.8 Å². The Labute approximate surface area is 168 Å². The van der Waals surface area contributed by atoms with E-state index in [1.807, 2.05) is 18.2 Å². The lowest BCUT2D eigenvalue weighted by Gasteiger charge is -2.23. The fourth-order valence-corrected chi connectivity index (χ4v) is 5.27. The molecule has 0 saturated carbocycles. The summed E-state index contributed by atoms with van der Waals surface area (Å²) in [6.07, 6.45) is 2.09. The highest BCUT2D eigenvalue weighted by molar-refractivity contribution is 7.89. The molecule has 29 heavy (non-hydrogen) atoms. The predicted octanol–water partition coefficient (Wildman–Crippen LogP) is 1.36. The third-order valence-corrected chi connectivity index (χ3v) is 6.78. The Morgan fingerprint density at radius 2 is 2.07 bits per heavy atom. The van der Waals surface area contributed by atoms with Crippen LogP contribution in [0.5, 0.6) is 0 Å². The van der Waals surface area contributed by atoms with Crippen molar-refractivity contribution in [2.75, 3.05) is 13.2 Å². The summed E-state index contributed by atoms with van der Waals surface area (Å²) in [5.41, 5.74) is 4.11. The summed E-state index contributed by atoms with van der Waals surface area (Å²) in [6.45, 7) is 1.57. The predicted molar refractivity (Wildman–Crippen MR) is 109 cm³/mol. The third-order valence-electron chi connectivity index (χ3n) is 5.34. The van der Waals surface area contributed by atoms with Gasteiger partial charge in [-0.3, -0.25) is 4.79 Å². The van der Waals surface area contributed by atoms with Crippen LogP contribution in [0.3, 0.4) is 0 Å². The molecule has 1 amide bonds. The van der Waals surface area contributed by atoms with Crippen LogP contribution < -0.4 is 10.0 Å². The maximum absolute atomic E-state index is 12.9. The van der Waals surface area contributed by atoms with E-state index in [4.69, 9.17) is 5.11 Å². The molecule has 4 rings (SSSR count). The van der Waals surface area contributed by atoms with Gasteiger partial charge in [-0.05, 0) is 37.5 Å². The van der Waals surface area contributed by atoms with Gasteiger partial charge < -0.3 is 20.4 Å². The fraction of sp³-hybridized carbons (Fsp3) is 0.350. The molecule has 5 N–H and O–H groups in total. The molecular weight excluding hydrogens is 392 g/mol. The molecule has 3 aromatic rings. The van der Waals surface area contributed by atoms with Gasteiger partial charge in [0.15, 0.2) is 0 Å². The normalized spacial score (nSPS) is 16.7. The van der Waals surface area contributed by atoms with Crippen molar-refractivity contribution in [2.24, 2.45) is 0 Å². The van der Waals surface area contributed by atoms with Gasteiger partial charge in [-0.2, -0.15) is 0 Å². The number of hydrogen-bond donors (Lipinski definition) is 5. The number of aryl methyl sites for hydroxylation is 2. The summed E-state index contributed by atoms with van der Waals surface area (Å²) >= 11 is 0. The van der Waals surface area contributed by atoms with E-state index in [9.17, 15) is 13.2 Å². The number of H-pyrrole nitrogens is 2. The molecule has 1 aliphatic carbocycles. The van der Waals surface area contributed by atoms with Gasteiger partial charge in [0, 0.05) is 41.3 Å². The molecule has 154 valence electrons. The number of hydrogen-bond acceptors (Lipinski definition) is 4. The Morgan fingerprint density at radius 3 is 2.86 bits per heavy atom. The van der Waals surface area contributed by atoms with Crippen molar-refractivity contribution in [1.29, 1.82) is 0 Å². The van der Waals surface area contributed by atoms with Gasteiger partial charge in [0.2, 0.25) is 0 Å². The number of aliphatic hydroxyl groups excluding tert-OH is 1. The van der Waals surface area contributed by atoms with Crippen LogP contribution in [-0.4, -0.2) is 48.6 Å². The second-order valence-corrected chi connectivity index (χ2v) is 9.02. The number of fused-ring (bicyclic) bond motifs is 3. The topological polar surface area (TPSA) is 127 Å². The zero-order valence-corrected chi connectivity index (χ0v) is 16.9. The number of nitrogens with one attached hydrogen (secondary N) is 4. The molecule has 8 nitrogen and oxygen atoms in total. The first-order chi connectivity index (χ1) is 13.9. The standard InChI is InChI=1S/C20H24N4O4S/c1-12-16(20(26)21-8-9-25)11-19(22-12)29(27,28)24-13-6-7-15-14-4-2-3-5-17(14)23-18(15)10-13/h2-5,11,13,22-25H,6-10H2,1H3,(H,21,26)/t13-/m1/s1. The Morgan fingerprint density at radius 1 is 1.28 bits per heavy atom. The Hall–Kier alpha value is -2.62. The SMILES string of the molecule is Cc1[nH]c(S(=O)(=O)N[C@@H]2CCc3c([nH]c4ccccc34)C2)cc1C(=O)NCCO. The number of aliphatic hydroxyl groups is 1. The Bertz CT molecular complexity index is 1160. The van der Waals surface area contributed by atoms with E-state index in [1.165, 1.54) is 17.0 Å². The van der Waals surface area contributed by atoms with E-state index in [2.05, 4.69) is 26.1 Å². The van der Waals surface area contributed by atoms with Gasteiger partial charge in [-0.15, -0.1) is 0 Å². The van der Waals surface area contributed by atoms with E-state index in [0.29, 0.717) is 18.5 Å². The van der Waals surface area contributed by atoms with Crippen LogP contribution in [0.1, 0.15) is 33.7 Å². The molecule has 2 heterocycles. The van der Waals surface area contributed by atoms with E-state index in [1.54, 1.807) is 6.92 Å². The van der Waals surface area contributed by atoms with Crippen molar-refractivity contribution in [3.8, 4) is 0 Å². The smallest absolute Gasteiger partial charge is 0.256 e. The van der Waals surface area contributed by atoms with Crippen LogP contribution in [0.2, 0.25) is 0 Å². The second kappa shape index (κ2) is 7.66. The number of sulfonamides is 1. The number of aromatic nitrogens is 2. The van der Waals surface area contributed by atoms with Crippen molar-refractivity contribution >= 4 is 26.8 Å². The van der Waals surface area contributed by atoms with Gasteiger partial charge in [0.1, 0.15) is 5.03 Å². The van der Waals surface area contributed by atoms with Crippen LogP contribution in [0.15, 0.2) is 35.4 Å². The first-order valence-corrected chi connectivity index (χ1v) is 11.1. The third kappa shape index (κ3) is 3.81. The first-order valence-electron chi connectivity index (χ1n) is 9.58. The molecule has 1 aromatic carbocycles. The number of benzene rings is 1. The van der Waals surface area contributed by atoms with Crippen LogP contribution in [0.4, 0.5) is 0 Å². The number of carbonyl (C=O) groups excluding carboxylic acids is 1. The molecule has 0 bridgehead atoms. The van der Waals surface area contributed by atoms with E-state index >= 15 is 0 Å². The maximum Gasteiger partial charge on any atom is 0.256 e. The van der Waals surface area contributed by atoms with Crippen LogP contribution in [-0.2, 0) is 22.9 Å². The number of rotatable bonds is 6. The number of para-hydroxylation sites is 1. The molecule has 0 spiro atoms. The molecule has 1 aliphatic rings. The highest BCUT2D eigenvalue weighted by Gasteiger charge is 2.28. The quantitative estimate of drug-likeness (QED) is 0.416. The highest BCUT2D eigenvalue weighted by atomic mass is 32.2. The molecule has 9 heteroatoms. The van der Waals surface area contributed by atoms with Crippen molar-refractivity contribution < 1.29 is 18.3 Å². The fourth-order valence-electron chi connectivity index (χ4n) is 3.94. The van der Waals surface area contributed by atoms with Crippen molar-refractivity contribution in [2.45, 2.75) is 37.3 Å². The van der Waals surface area contributed by atoms with Crippen molar-refractivity contribution in [1.82, 2.24) is 20.0 Å². The summed E-state index contributed by atoms with van der Waals surface area (Å²) in [7, 11) is -3.80. The molecule has 0 aliphatic heterocycles. The summed E-state index contributed by atoms with van der Waals surface area (Å²) in [4.78, 5) is 18.3. The average molecular weight is 417 g/mol. The molecule has 0 radical (unpaired) electrons. The van der Waals surface area contributed by atoms with Crippen LogP contribution >= 0.6 is 0 Å². The first kappa shape index (κ1) is 19.7. The Kier molecular flexibility index (Phi) is 5.20. The zero-order chi connectivity index (χ0) is 20.6.